The molecular weight excluding hydrogens is 203 g/mol. The summed E-state index contributed by atoms with van der Waals surface area (Å²) in [5.74, 6) is 0.916. The number of halogens is 1. The molecule has 1 nitrogen and oxygen atoms in total. The van der Waals surface area contributed by atoms with Crippen LogP contribution >= 0.6 is 20.4 Å². The minimum atomic E-state index is 0.570. The molecule has 0 radical (unpaired) electrons. The molecule has 1 atom stereocenters. The van der Waals surface area contributed by atoms with Crippen LogP contribution in [-0.4, -0.2) is 6.16 Å². The van der Waals surface area contributed by atoms with Crippen LogP contribution in [0.3, 0.4) is 0 Å². The highest BCUT2D eigenvalue weighted by atomic mass is 35.5. The normalized spacial score (nSPS) is 10.9. The average molecular weight is 217 g/mol. The average Bonchev–Trinajstić information content (AvgIpc) is 2.15. The second kappa shape index (κ2) is 6.23. The monoisotopic (exact) mass is 216 g/mol. The Hall–Kier alpha value is -0.260. The topological polar surface area (TPSA) is 9.23 Å². The first-order valence-electron chi connectivity index (χ1n) is 4.48. The third-order valence-electron chi connectivity index (χ3n) is 1.64. The summed E-state index contributed by atoms with van der Waals surface area (Å²) >= 11 is 5.74. The lowest BCUT2D eigenvalue weighted by Gasteiger charge is -2.04. The van der Waals surface area contributed by atoms with Crippen molar-refractivity contribution < 1.29 is 4.52 Å². The summed E-state index contributed by atoms with van der Waals surface area (Å²) in [4.78, 5) is 0. The standard InChI is InChI=1S/C10H14ClOP/c1-2-3-8-13-12-10-6-4-9(11)5-7-10/h4-7,13H,2-3,8H2,1H3. The molecule has 3 heteroatoms. The van der Waals surface area contributed by atoms with E-state index in [0.717, 1.165) is 16.9 Å². The van der Waals surface area contributed by atoms with Gasteiger partial charge in [-0.15, -0.1) is 0 Å². The second-order valence-electron chi connectivity index (χ2n) is 2.80. The van der Waals surface area contributed by atoms with Gasteiger partial charge in [-0.25, -0.2) is 0 Å². The molecule has 0 fully saturated rings. The van der Waals surface area contributed by atoms with Crippen molar-refractivity contribution in [3.05, 3.63) is 29.3 Å². The van der Waals surface area contributed by atoms with Crippen LogP contribution in [0.1, 0.15) is 19.8 Å². The quantitative estimate of drug-likeness (QED) is 0.532. The molecule has 72 valence electrons. The summed E-state index contributed by atoms with van der Waals surface area (Å²) in [5, 5.41) is 0.754. The van der Waals surface area contributed by atoms with Gasteiger partial charge in [-0.3, -0.25) is 0 Å². The molecule has 0 heterocycles. The molecule has 0 aromatic heterocycles. The van der Waals surface area contributed by atoms with E-state index in [1.807, 2.05) is 24.3 Å². The van der Waals surface area contributed by atoms with Crippen molar-refractivity contribution in [3.63, 3.8) is 0 Å². The maximum atomic E-state index is 5.74. The Labute approximate surface area is 86.3 Å². The molecule has 0 saturated carbocycles. The molecule has 13 heavy (non-hydrogen) atoms. The van der Waals surface area contributed by atoms with E-state index in [1.54, 1.807) is 0 Å². The number of benzene rings is 1. The Morgan fingerprint density at radius 2 is 2.00 bits per heavy atom. The van der Waals surface area contributed by atoms with Crippen LogP contribution in [0.25, 0.3) is 0 Å². The molecule has 0 N–H and O–H groups in total. The van der Waals surface area contributed by atoms with Crippen molar-refractivity contribution in [1.82, 2.24) is 0 Å². The summed E-state index contributed by atoms with van der Waals surface area (Å²) in [6.07, 6.45) is 3.63. The van der Waals surface area contributed by atoms with Crippen LogP contribution in [-0.2, 0) is 0 Å². The summed E-state index contributed by atoms with van der Waals surface area (Å²) in [7, 11) is 0.570. The largest absolute Gasteiger partial charge is 0.477 e. The molecule has 1 rings (SSSR count). The second-order valence-corrected chi connectivity index (χ2v) is 4.23. The lowest BCUT2D eigenvalue weighted by molar-refractivity contribution is 0.627. The van der Waals surface area contributed by atoms with Gasteiger partial charge in [-0.05, 0) is 30.7 Å². The van der Waals surface area contributed by atoms with Gasteiger partial charge in [0.05, 0.1) is 8.81 Å². The molecule has 0 aliphatic rings. The van der Waals surface area contributed by atoms with Gasteiger partial charge in [0.15, 0.2) is 0 Å². The van der Waals surface area contributed by atoms with Crippen molar-refractivity contribution in [3.8, 4) is 5.75 Å². The van der Waals surface area contributed by atoms with Crippen molar-refractivity contribution in [2.75, 3.05) is 6.16 Å². The zero-order valence-electron chi connectivity index (χ0n) is 7.72. The van der Waals surface area contributed by atoms with Crippen LogP contribution in [0.2, 0.25) is 5.02 Å². The van der Waals surface area contributed by atoms with Gasteiger partial charge in [0, 0.05) is 11.2 Å². The van der Waals surface area contributed by atoms with Crippen LogP contribution < -0.4 is 4.52 Å². The van der Waals surface area contributed by atoms with Gasteiger partial charge in [0.25, 0.3) is 0 Å². The molecule has 1 aromatic carbocycles. The SMILES string of the molecule is CCCCPOc1ccc(Cl)cc1. The number of hydrogen-bond donors (Lipinski definition) is 0. The third kappa shape index (κ3) is 4.50. The van der Waals surface area contributed by atoms with Gasteiger partial charge in [0.1, 0.15) is 5.75 Å². The van der Waals surface area contributed by atoms with Crippen LogP contribution in [0.4, 0.5) is 0 Å². The smallest absolute Gasteiger partial charge is 0.122 e. The Balaban J connectivity index is 2.25. The minimum Gasteiger partial charge on any atom is -0.477 e. The molecule has 0 bridgehead atoms. The van der Waals surface area contributed by atoms with E-state index in [-0.39, 0.29) is 0 Å². The van der Waals surface area contributed by atoms with Crippen molar-refractivity contribution in [2.45, 2.75) is 19.8 Å². The summed E-state index contributed by atoms with van der Waals surface area (Å²) in [6, 6.07) is 7.50. The summed E-state index contributed by atoms with van der Waals surface area (Å²) in [5.41, 5.74) is 0. The molecular formula is C10H14ClOP. The molecule has 1 aromatic rings. The number of hydrogen-bond acceptors (Lipinski definition) is 1. The molecule has 0 aliphatic carbocycles. The van der Waals surface area contributed by atoms with Gasteiger partial charge in [-0.2, -0.15) is 0 Å². The van der Waals surface area contributed by atoms with E-state index in [4.69, 9.17) is 16.1 Å². The van der Waals surface area contributed by atoms with Gasteiger partial charge >= 0.3 is 0 Å². The van der Waals surface area contributed by atoms with Crippen molar-refractivity contribution in [1.29, 1.82) is 0 Å². The molecule has 0 saturated heterocycles. The predicted molar refractivity (Wildman–Crippen MR) is 60.2 cm³/mol. The van der Waals surface area contributed by atoms with E-state index in [2.05, 4.69) is 6.92 Å². The Morgan fingerprint density at radius 1 is 1.31 bits per heavy atom. The van der Waals surface area contributed by atoms with E-state index in [0.29, 0.717) is 8.81 Å². The minimum absolute atomic E-state index is 0.570. The fraction of sp³-hybridized carbons (Fsp3) is 0.400. The van der Waals surface area contributed by atoms with Crippen LogP contribution in [0.15, 0.2) is 24.3 Å². The third-order valence-corrected chi connectivity index (χ3v) is 2.83. The number of rotatable bonds is 5. The van der Waals surface area contributed by atoms with Gasteiger partial charge in [-0.1, -0.05) is 24.9 Å². The predicted octanol–water partition coefficient (Wildman–Crippen LogP) is 4.11. The van der Waals surface area contributed by atoms with E-state index < -0.39 is 0 Å². The zero-order chi connectivity index (χ0) is 9.52. The molecule has 1 unspecified atom stereocenters. The molecule has 0 amide bonds. The Morgan fingerprint density at radius 3 is 2.62 bits per heavy atom. The first kappa shape index (κ1) is 10.8. The first-order valence-corrected chi connectivity index (χ1v) is 5.97. The highest BCUT2D eigenvalue weighted by molar-refractivity contribution is 7.32. The maximum Gasteiger partial charge on any atom is 0.122 e. The lowest BCUT2D eigenvalue weighted by Crippen LogP contribution is -1.81. The van der Waals surface area contributed by atoms with Crippen LogP contribution in [0, 0.1) is 0 Å². The summed E-state index contributed by atoms with van der Waals surface area (Å²) < 4.78 is 5.53. The highest BCUT2D eigenvalue weighted by Crippen LogP contribution is 2.23. The number of unbranched alkanes of at least 4 members (excludes halogenated alkanes) is 1. The van der Waals surface area contributed by atoms with Crippen LogP contribution in [0.5, 0.6) is 5.75 Å². The molecule has 0 aliphatic heterocycles. The van der Waals surface area contributed by atoms with Crippen molar-refractivity contribution in [2.24, 2.45) is 0 Å². The maximum absolute atomic E-state index is 5.74. The highest BCUT2D eigenvalue weighted by Gasteiger charge is 1.93. The van der Waals surface area contributed by atoms with E-state index in [1.165, 1.54) is 12.8 Å². The van der Waals surface area contributed by atoms with Gasteiger partial charge < -0.3 is 4.52 Å². The lowest BCUT2D eigenvalue weighted by atomic mass is 10.3. The van der Waals surface area contributed by atoms with Gasteiger partial charge in [0.2, 0.25) is 0 Å². The first-order chi connectivity index (χ1) is 6.33. The Kier molecular flexibility index (Phi) is 5.19. The summed E-state index contributed by atoms with van der Waals surface area (Å²) in [6.45, 7) is 2.19. The van der Waals surface area contributed by atoms with E-state index in [9.17, 15) is 0 Å². The molecule has 0 spiro atoms. The fourth-order valence-electron chi connectivity index (χ4n) is 0.886. The van der Waals surface area contributed by atoms with E-state index >= 15 is 0 Å². The zero-order valence-corrected chi connectivity index (χ0v) is 9.47. The van der Waals surface area contributed by atoms with Crippen molar-refractivity contribution >= 4 is 20.4 Å². The Bertz CT molecular complexity index is 235. The fourth-order valence-corrected chi connectivity index (χ4v) is 1.91.